The average Bonchev–Trinajstić information content (AvgIpc) is 3.20. The van der Waals surface area contributed by atoms with E-state index in [9.17, 15) is 4.79 Å². The van der Waals surface area contributed by atoms with Crippen LogP contribution in [0.3, 0.4) is 0 Å². The van der Waals surface area contributed by atoms with Gasteiger partial charge in [0.1, 0.15) is 17.1 Å². The van der Waals surface area contributed by atoms with Crippen molar-refractivity contribution in [1.29, 1.82) is 0 Å². The van der Waals surface area contributed by atoms with Crippen molar-refractivity contribution in [1.82, 2.24) is 29.7 Å². The first kappa shape index (κ1) is 22.1. The number of fused-ring (bicyclic) bond motifs is 1. The molecule has 1 aliphatic rings. The number of piperazine rings is 1. The first-order valence-corrected chi connectivity index (χ1v) is 11.2. The molecule has 1 aromatic carbocycles. The molecule has 0 aliphatic carbocycles. The molecule has 0 radical (unpaired) electrons. The number of carbonyl (C=O) groups excluding carboxylic acids is 1. The maximum atomic E-state index is 12.6. The highest BCUT2D eigenvalue weighted by Crippen LogP contribution is 2.20. The number of benzene rings is 1. The van der Waals surface area contributed by atoms with Gasteiger partial charge in [-0.15, -0.1) is 0 Å². The third-order valence-corrected chi connectivity index (χ3v) is 5.93. The fourth-order valence-corrected chi connectivity index (χ4v) is 4.13. The molecule has 8 heteroatoms. The number of ether oxygens (including phenoxy) is 1. The minimum Gasteiger partial charge on any atom is -0.497 e. The largest absolute Gasteiger partial charge is 0.497 e. The molecule has 0 atom stereocenters. The lowest BCUT2D eigenvalue weighted by Crippen LogP contribution is -2.52. The summed E-state index contributed by atoms with van der Waals surface area (Å²) >= 11 is 0. The van der Waals surface area contributed by atoms with Gasteiger partial charge in [-0.1, -0.05) is 26.0 Å². The molecule has 1 aliphatic heterocycles. The molecule has 1 N–H and O–H groups in total. The van der Waals surface area contributed by atoms with E-state index >= 15 is 0 Å². The van der Waals surface area contributed by atoms with E-state index < -0.39 is 0 Å². The number of aromatic nitrogens is 3. The van der Waals surface area contributed by atoms with Crippen LogP contribution in [-0.4, -0.2) is 70.2 Å². The van der Waals surface area contributed by atoms with E-state index in [4.69, 9.17) is 9.72 Å². The van der Waals surface area contributed by atoms with Gasteiger partial charge in [0.2, 0.25) is 0 Å². The molecule has 3 aromatic rings. The van der Waals surface area contributed by atoms with E-state index in [0.29, 0.717) is 12.5 Å². The lowest BCUT2D eigenvalue weighted by atomic mass is 10.2. The van der Waals surface area contributed by atoms with E-state index in [0.717, 1.165) is 67.6 Å². The first-order chi connectivity index (χ1) is 15.5. The van der Waals surface area contributed by atoms with Gasteiger partial charge in [0.05, 0.1) is 7.11 Å². The Kier molecular flexibility index (Phi) is 6.90. The molecule has 4 rings (SSSR count). The quantitative estimate of drug-likeness (QED) is 0.616. The van der Waals surface area contributed by atoms with Crippen LogP contribution in [0.15, 0.2) is 42.6 Å². The number of nitrogens with zero attached hydrogens (tertiary/aromatic N) is 5. The Morgan fingerprint density at radius 2 is 1.94 bits per heavy atom. The number of imidazole rings is 1. The number of hydrogen-bond acceptors (Lipinski definition) is 5. The monoisotopic (exact) mass is 436 g/mol. The average molecular weight is 437 g/mol. The zero-order chi connectivity index (χ0) is 22.5. The van der Waals surface area contributed by atoms with Gasteiger partial charge in [-0.3, -0.25) is 4.90 Å². The maximum Gasteiger partial charge on any atom is 0.317 e. The molecular formula is C24H32N6O2. The summed E-state index contributed by atoms with van der Waals surface area (Å²) in [7, 11) is 1.65. The van der Waals surface area contributed by atoms with E-state index in [1.165, 1.54) is 0 Å². The van der Waals surface area contributed by atoms with Crippen molar-refractivity contribution in [3.63, 3.8) is 0 Å². The molecule has 0 saturated carbocycles. The third kappa shape index (κ3) is 5.02. The number of methoxy groups -OCH3 is 1. The number of hydrogen-bond donors (Lipinski definition) is 1. The minimum atomic E-state index is -0.0145. The zero-order valence-electron chi connectivity index (χ0n) is 19.1. The predicted octanol–water partition coefficient (Wildman–Crippen LogP) is 3.09. The smallest absolute Gasteiger partial charge is 0.317 e. The van der Waals surface area contributed by atoms with Crippen molar-refractivity contribution in [2.24, 2.45) is 0 Å². The predicted molar refractivity (Wildman–Crippen MR) is 125 cm³/mol. The number of rotatable bonds is 7. The van der Waals surface area contributed by atoms with Crippen LogP contribution in [0.1, 0.15) is 31.2 Å². The molecule has 2 aromatic heterocycles. The SMILES string of the molecule is COc1cccc(CNC(=O)N2CCN(CCn3c(C(C)C)nc4cccnc43)CC2)c1. The molecule has 0 spiro atoms. The second-order valence-electron chi connectivity index (χ2n) is 8.46. The van der Waals surface area contributed by atoms with Gasteiger partial charge in [0, 0.05) is 57.9 Å². The Bertz CT molecular complexity index is 1060. The van der Waals surface area contributed by atoms with Crippen molar-refractivity contribution in [3.8, 4) is 5.75 Å². The van der Waals surface area contributed by atoms with Gasteiger partial charge in [-0.05, 0) is 29.8 Å². The van der Waals surface area contributed by atoms with Gasteiger partial charge in [0.15, 0.2) is 5.65 Å². The van der Waals surface area contributed by atoms with Crippen LogP contribution in [0.5, 0.6) is 5.75 Å². The Morgan fingerprint density at radius 1 is 1.12 bits per heavy atom. The van der Waals surface area contributed by atoms with E-state index in [1.54, 1.807) is 7.11 Å². The summed E-state index contributed by atoms with van der Waals surface area (Å²) in [5.74, 6) is 2.22. The summed E-state index contributed by atoms with van der Waals surface area (Å²) < 4.78 is 7.49. The van der Waals surface area contributed by atoms with Crippen molar-refractivity contribution in [3.05, 3.63) is 54.0 Å². The second-order valence-corrected chi connectivity index (χ2v) is 8.46. The minimum absolute atomic E-state index is 0.0145. The summed E-state index contributed by atoms with van der Waals surface area (Å²) in [5, 5.41) is 3.02. The van der Waals surface area contributed by atoms with Crippen molar-refractivity contribution in [2.45, 2.75) is 32.9 Å². The van der Waals surface area contributed by atoms with Gasteiger partial charge < -0.3 is 19.5 Å². The molecular weight excluding hydrogens is 404 g/mol. The molecule has 32 heavy (non-hydrogen) atoms. The van der Waals surface area contributed by atoms with Crippen LogP contribution < -0.4 is 10.1 Å². The van der Waals surface area contributed by atoms with E-state index in [1.807, 2.05) is 47.5 Å². The Hall–Kier alpha value is -3.13. The summed E-state index contributed by atoms with van der Waals surface area (Å²) in [5.41, 5.74) is 2.93. The van der Waals surface area contributed by atoms with Crippen molar-refractivity contribution < 1.29 is 9.53 Å². The number of amides is 2. The number of carbonyl (C=O) groups is 1. The lowest BCUT2D eigenvalue weighted by Gasteiger charge is -2.34. The molecule has 170 valence electrons. The first-order valence-electron chi connectivity index (χ1n) is 11.2. The van der Waals surface area contributed by atoms with Crippen LogP contribution in [-0.2, 0) is 13.1 Å². The molecule has 1 saturated heterocycles. The molecule has 1 fully saturated rings. The van der Waals surface area contributed by atoms with Crippen molar-refractivity contribution >= 4 is 17.2 Å². The number of pyridine rings is 1. The standard InChI is InChI=1S/C24H32N6O2/c1-18(2)22-27-21-8-5-9-25-23(21)30(22)15-12-28-10-13-29(14-11-28)24(31)26-17-19-6-4-7-20(16-19)32-3/h4-9,16,18H,10-15,17H2,1-3H3,(H,26,31). The summed E-state index contributed by atoms with van der Waals surface area (Å²) in [6.07, 6.45) is 1.83. The normalized spacial score (nSPS) is 14.8. The van der Waals surface area contributed by atoms with Crippen LogP contribution in [0.25, 0.3) is 11.2 Å². The fraction of sp³-hybridized carbons (Fsp3) is 0.458. The highest BCUT2D eigenvalue weighted by Gasteiger charge is 2.22. The zero-order valence-corrected chi connectivity index (χ0v) is 19.1. The summed E-state index contributed by atoms with van der Waals surface area (Å²) in [6.45, 7) is 9.78. The summed E-state index contributed by atoms with van der Waals surface area (Å²) in [4.78, 5) is 26.2. The number of urea groups is 1. The fourth-order valence-electron chi connectivity index (χ4n) is 4.13. The number of nitrogens with one attached hydrogen (secondary N) is 1. The highest BCUT2D eigenvalue weighted by atomic mass is 16.5. The van der Waals surface area contributed by atoms with Crippen LogP contribution in [0.4, 0.5) is 4.79 Å². The van der Waals surface area contributed by atoms with Crippen LogP contribution in [0, 0.1) is 0 Å². The third-order valence-electron chi connectivity index (χ3n) is 5.93. The Balaban J connectivity index is 1.27. The van der Waals surface area contributed by atoms with E-state index in [-0.39, 0.29) is 6.03 Å². The van der Waals surface area contributed by atoms with Crippen LogP contribution >= 0.6 is 0 Å². The molecule has 0 unspecified atom stereocenters. The Morgan fingerprint density at radius 3 is 2.69 bits per heavy atom. The van der Waals surface area contributed by atoms with Crippen molar-refractivity contribution in [2.75, 3.05) is 39.8 Å². The van der Waals surface area contributed by atoms with Gasteiger partial charge in [0.25, 0.3) is 0 Å². The molecule has 2 amide bonds. The lowest BCUT2D eigenvalue weighted by molar-refractivity contribution is 0.136. The second kappa shape index (κ2) is 9.99. The summed E-state index contributed by atoms with van der Waals surface area (Å²) in [6, 6.07) is 11.7. The van der Waals surface area contributed by atoms with Gasteiger partial charge >= 0.3 is 6.03 Å². The van der Waals surface area contributed by atoms with Gasteiger partial charge in [-0.25, -0.2) is 14.8 Å². The Labute approximate surface area is 189 Å². The molecule has 8 nitrogen and oxygen atoms in total. The van der Waals surface area contributed by atoms with Crippen LogP contribution in [0.2, 0.25) is 0 Å². The molecule has 0 bridgehead atoms. The maximum absolute atomic E-state index is 12.6. The highest BCUT2D eigenvalue weighted by molar-refractivity contribution is 5.74. The topological polar surface area (TPSA) is 75.5 Å². The van der Waals surface area contributed by atoms with E-state index in [2.05, 4.69) is 33.6 Å². The molecule has 3 heterocycles. The van der Waals surface area contributed by atoms with Gasteiger partial charge in [-0.2, -0.15) is 0 Å².